The molecule has 1 aromatic carbocycles. The Labute approximate surface area is 182 Å². The Morgan fingerprint density at radius 2 is 2.04 bits per heavy atom. The molecule has 0 saturated carbocycles. The zero-order valence-corrected chi connectivity index (χ0v) is 19.2. The molecule has 0 atom stereocenters. The molecule has 0 aliphatic heterocycles. The number of hydrogen-bond donors (Lipinski definition) is 2. The molecule has 0 bridgehead atoms. The third kappa shape index (κ3) is 7.65. The van der Waals surface area contributed by atoms with Crippen LogP contribution in [0, 0.1) is 5.82 Å². The van der Waals surface area contributed by atoms with Crippen LogP contribution in [-0.2, 0) is 18.4 Å². The Morgan fingerprint density at radius 1 is 1.30 bits per heavy atom. The number of rotatable bonds is 6. The van der Waals surface area contributed by atoms with E-state index in [4.69, 9.17) is 16.0 Å². The first-order valence-electron chi connectivity index (χ1n) is 8.71. The van der Waals surface area contributed by atoms with Crippen molar-refractivity contribution in [1.82, 2.24) is 15.6 Å². The van der Waals surface area contributed by atoms with Gasteiger partial charge in [-0.3, -0.25) is 0 Å². The first-order chi connectivity index (χ1) is 12.3. The van der Waals surface area contributed by atoms with Crippen molar-refractivity contribution in [2.45, 2.75) is 46.1 Å². The molecule has 8 heteroatoms. The third-order valence-corrected chi connectivity index (χ3v) is 4.06. The molecule has 0 aliphatic carbocycles. The number of oxazole rings is 1. The maximum Gasteiger partial charge on any atom is 0.216 e. The predicted octanol–water partition coefficient (Wildman–Crippen LogP) is 4.68. The molecule has 27 heavy (non-hydrogen) atoms. The highest BCUT2D eigenvalue weighted by Crippen LogP contribution is 2.22. The normalized spacial score (nSPS) is 11.9. The quantitative estimate of drug-likeness (QED) is 0.338. The molecule has 2 N–H and O–H groups in total. The average Bonchev–Trinajstić information content (AvgIpc) is 3.04. The van der Waals surface area contributed by atoms with E-state index in [1.54, 1.807) is 12.3 Å². The van der Waals surface area contributed by atoms with Gasteiger partial charge in [-0.15, -0.1) is 24.0 Å². The van der Waals surface area contributed by atoms with Gasteiger partial charge in [-0.1, -0.05) is 38.4 Å². The fraction of sp³-hybridized carbons (Fsp3) is 0.474. The Balaban J connectivity index is 0.00000364. The molecule has 1 aromatic heterocycles. The van der Waals surface area contributed by atoms with E-state index in [0.717, 1.165) is 17.9 Å². The number of aromatic nitrogens is 1. The number of hydrogen-bond acceptors (Lipinski definition) is 3. The van der Waals surface area contributed by atoms with Crippen molar-refractivity contribution in [2.75, 3.05) is 13.1 Å². The summed E-state index contributed by atoms with van der Waals surface area (Å²) in [5, 5.41) is 6.85. The molecule has 0 fully saturated rings. The zero-order chi connectivity index (χ0) is 19.2. The minimum Gasteiger partial charge on any atom is -0.443 e. The van der Waals surface area contributed by atoms with E-state index in [1.165, 1.54) is 12.1 Å². The van der Waals surface area contributed by atoms with E-state index in [2.05, 4.69) is 41.4 Å². The van der Waals surface area contributed by atoms with E-state index in [9.17, 15) is 4.39 Å². The molecule has 0 aliphatic rings. The van der Waals surface area contributed by atoms with E-state index in [0.29, 0.717) is 36.4 Å². The Hall–Kier alpha value is -1.35. The summed E-state index contributed by atoms with van der Waals surface area (Å²) in [7, 11) is 0. The van der Waals surface area contributed by atoms with Crippen molar-refractivity contribution in [1.29, 1.82) is 0 Å². The van der Waals surface area contributed by atoms with Gasteiger partial charge in [0.2, 0.25) is 5.89 Å². The number of nitrogens with one attached hydrogen (secondary N) is 2. The molecule has 2 rings (SSSR count). The summed E-state index contributed by atoms with van der Waals surface area (Å²) < 4.78 is 18.8. The van der Waals surface area contributed by atoms with Crippen molar-refractivity contribution >= 4 is 41.5 Å². The lowest BCUT2D eigenvalue weighted by Gasteiger charge is -2.13. The number of halogens is 3. The van der Waals surface area contributed by atoms with Crippen LogP contribution in [0.25, 0.3) is 0 Å². The topological polar surface area (TPSA) is 62.5 Å². The minimum absolute atomic E-state index is 0. The summed E-state index contributed by atoms with van der Waals surface area (Å²) in [4.78, 5) is 8.77. The summed E-state index contributed by atoms with van der Waals surface area (Å²) >= 11 is 6.05. The monoisotopic (exact) mass is 508 g/mol. The largest absolute Gasteiger partial charge is 0.443 e. The van der Waals surface area contributed by atoms with E-state index in [1.807, 2.05) is 6.92 Å². The van der Waals surface area contributed by atoms with Crippen molar-refractivity contribution < 1.29 is 8.81 Å². The second-order valence-electron chi connectivity index (χ2n) is 6.98. The molecule has 2 aromatic rings. The van der Waals surface area contributed by atoms with Crippen LogP contribution >= 0.6 is 35.6 Å². The molecule has 0 spiro atoms. The van der Waals surface area contributed by atoms with Crippen LogP contribution in [0.1, 0.15) is 44.9 Å². The van der Waals surface area contributed by atoms with Crippen LogP contribution in [0.15, 0.2) is 33.8 Å². The standard InChI is InChI=1S/C19H26ClFN4O.HI/c1-5-22-18(23-9-8-13-6-7-14(21)10-15(13)20)25-12-17-24-11-16(26-17)19(2,3)4;/h6-7,10-11H,5,8-9,12H2,1-4H3,(H2,22,23,25);1H. The van der Waals surface area contributed by atoms with Gasteiger partial charge in [0.25, 0.3) is 0 Å². The molecular formula is C19H27ClFIN4O. The SMILES string of the molecule is CCNC(=NCc1ncc(C(C)(C)C)o1)NCCc1ccc(F)cc1Cl.I. The predicted molar refractivity (Wildman–Crippen MR) is 119 cm³/mol. The van der Waals surface area contributed by atoms with Gasteiger partial charge in [-0.05, 0) is 31.0 Å². The van der Waals surface area contributed by atoms with Gasteiger partial charge in [-0.25, -0.2) is 14.4 Å². The van der Waals surface area contributed by atoms with E-state index in [-0.39, 0.29) is 35.2 Å². The van der Waals surface area contributed by atoms with Crippen molar-refractivity contribution in [3.63, 3.8) is 0 Å². The summed E-state index contributed by atoms with van der Waals surface area (Å²) in [5.74, 6) is 1.75. The maximum absolute atomic E-state index is 13.1. The molecule has 5 nitrogen and oxygen atoms in total. The minimum atomic E-state index is -0.331. The average molecular weight is 509 g/mol. The molecule has 0 radical (unpaired) electrons. The van der Waals surface area contributed by atoms with Gasteiger partial charge >= 0.3 is 0 Å². The first-order valence-corrected chi connectivity index (χ1v) is 9.08. The first kappa shape index (κ1) is 23.7. The lowest BCUT2D eigenvalue weighted by Crippen LogP contribution is -2.38. The van der Waals surface area contributed by atoms with Gasteiger partial charge in [0.05, 0.1) is 6.20 Å². The summed E-state index contributed by atoms with van der Waals surface area (Å²) in [5.41, 5.74) is 0.811. The Kier molecular flexibility index (Phi) is 9.52. The van der Waals surface area contributed by atoms with Crippen molar-refractivity contribution in [3.05, 3.63) is 52.5 Å². The van der Waals surface area contributed by atoms with Gasteiger partial charge < -0.3 is 15.1 Å². The Bertz CT molecular complexity index is 758. The van der Waals surface area contributed by atoms with E-state index < -0.39 is 0 Å². The highest BCUT2D eigenvalue weighted by Gasteiger charge is 2.19. The second-order valence-corrected chi connectivity index (χ2v) is 7.38. The van der Waals surface area contributed by atoms with Crippen LogP contribution in [0.3, 0.4) is 0 Å². The van der Waals surface area contributed by atoms with E-state index >= 15 is 0 Å². The lowest BCUT2D eigenvalue weighted by molar-refractivity contribution is 0.383. The lowest BCUT2D eigenvalue weighted by atomic mass is 9.94. The second kappa shape index (κ2) is 10.8. The van der Waals surface area contributed by atoms with Crippen LogP contribution < -0.4 is 10.6 Å². The number of nitrogens with zero attached hydrogens (tertiary/aromatic N) is 2. The van der Waals surface area contributed by atoms with Crippen LogP contribution in [0.5, 0.6) is 0 Å². The highest BCUT2D eigenvalue weighted by atomic mass is 127. The van der Waals surface area contributed by atoms with Crippen LogP contribution in [0.4, 0.5) is 4.39 Å². The number of aliphatic imine (C=N–C) groups is 1. The van der Waals surface area contributed by atoms with Gasteiger partial charge in [0, 0.05) is 23.5 Å². The molecule has 0 amide bonds. The number of guanidine groups is 1. The summed E-state index contributed by atoms with van der Waals surface area (Å²) in [6, 6.07) is 4.44. The molecule has 0 unspecified atom stereocenters. The summed E-state index contributed by atoms with van der Waals surface area (Å²) in [6.07, 6.45) is 2.42. The van der Waals surface area contributed by atoms with Crippen molar-refractivity contribution in [2.24, 2.45) is 4.99 Å². The van der Waals surface area contributed by atoms with Crippen LogP contribution in [0.2, 0.25) is 5.02 Å². The van der Waals surface area contributed by atoms with Crippen molar-refractivity contribution in [3.8, 4) is 0 Å². The molecular weight excluding hydrogens is 482 g/mol. The maximum atomic E-state index is 13.1. The highest BCUT2D eigenvalue weighted by molar-refractivity contribution is 14.0. The Morgan fingerprint density at radius 3 is 2.63 bits per heavy atom. The summed E-state index contributed by atoms with van der Waals surface area (Å²) in [6.45, 7) is 9.93. The molecule has 150 valence electrons. The van der Waals surface area contributed by atoms with Gasteiger partial charge in [0.15, 0.2) is 5.96 Å². The third-order valence-electron chi connectivity index (χ3n) is 3.71. The van der Waals surface area contributed by atoms with Crippen LogP contribution in [-0.4, -0.2) is 24.0 Å². The fourth-order valence-electron chi connectivity index (χ4n) is 2.26. The fourth-order valence-corrected chi connectivity index (χ4v) is 2.52. The van der Waals surface area contributed by atoms with Gasteiger partial charge in [-0.2, -0.15) is 0 Å². The molecule has 1 heterocycles. The van der Waals surface area contributed by atoms with Gasteiger partial charge in [0.1, 0.15) is 18.1 Å². The zero-order valence-electron chi connectivity index (χ0n) is 16.1. The molecule has 0 saturated heterocycles. The number of benzene rings is 1. The smallest absolute Gasteiger partial charge is 0.216 e.